The van der Waals surface area contributed by atoms with E-state index in [1.165, 1.54) is 0 Å². The molecule has 0 saturated heterocycles. The van der Waals surface area contributed by atoms with Crippen molar-refractivity contribution in [2.45, 2.75) is 52.7 Å². The van der Waals surface area contributed by atoms with Crippen molar-refractivity contribution in [3.8, 4) is 5.75 Å². The van der Waals surface area contributed by atoms with E-state index in [0.717, 1.165) is 46.5 Å². The summed E-state index contributed by atoms with van der Waals surface area (Å²) in [5, 5.41) is 17.5. The van der Waals surface area contributed by atoms with Crippen molar-refractivity contribution in [1.29, 1.82) is 0 Å². The summed E-state index contributed by atoms with van der Waals surface area (Å²) in [6.45, 7) is 9.07. The van der Waals surface area contributed by atoms with Gasteiger partial charge in [0.2, 0.25) is 0 Å². The molecule has 1 atom stereocenters. The van der Waals surface area contributed by atoms with E-state index in [1.54, 1.807) is 0 Å². The second kappa shape index (κ2) is 12.9. The van der Waals surface area contributed by atoms with Crippen LogP contribution in [0, 0.1) is 0 Å². The molecule has 1 aromatic carbocycles. The van der Waals surface area contributed by atoms with Crippen LogP contribution in [0.25, 0.3) is 16.5 Å². The standard InChI is InChI=1S/C26H37N3O2/c1-6-8-9-22(27-5)12-10-20(7-2)25-14-11-21-16-24(13-15-26(21)29-25)31-18-23(30)17-28-19(3)4/h7,9-16,19,23,27-28,30H,6,8,17-18H2,1-5H3/b12-10-,20-7+,22-9-. The van der Waals surface area contributed by atoms with Gasteiger partial charge < -0.3 is 20.5 Å². The van der Waals surface area contributed by atoms with Crippen molar-refractivity contribution in [2.75, 3.05) is 20.2 Å². The van der Waals surface area contributed by atoms with E-state index in [-0.39, 0.29) is 6.61 Å². The molecule has 5 nitrogen and oxygen atoms in total. The Hall–Kier alpha value is -2.63. The van der Waals surface area contributed by atoms with Crippen LogP contribution in [0.2, 0.25) is 0 Å². The molecule has 0 aliphatic heterocycles. The number of fused-ring (bicyclic) bond motifs is 1. The molecule has 0 radical (unpaired) electrons. The van der Waals surface area contributed by atoms with Gasteiger partial charge in [-0.05, 0) is 49.3 Å². The smallest absolute Gasteiger partial charge is 0.120 e. The van der Waals surface area contributed by atoms with Crippen molar-refractivity contribution in [3.63, 3.8) is 0 Å². The normalized spacial score (nSPS) is 13.9. The second-order valence-corrected chi connectivity index (χ2v) is 7.85. The van der Waals surface area contributed by atoms with Gasteiger partial charge in [-0.15, -0.1) is 0 Å². The molecule has 168 valence electrons. The molecule has 3 N–H and O–H groups in total. The van der Waals surface area contributed by atoms with E-state index in [0.29, 0.717) is 12.6 Å². The third-order valence-electron chi connectivity index (χ3n) is 4.86. The van der Waals surface area contributed by atoms with Crippen LogP contribution in [0.5, 0.6) is 5.75 Å². The Morgan fingerprint density at radius 2 is 2.00 bits per heavy atom. The zero-order valence-electron chi connectivity index (χ0n) is 19.5. The highest BCUT2D eigenvalue weighted by atomic mass is 16.5. The molecule has 0 fully saturated rings. The first kappa shape index (κ1) is 24.6. The third kappa shape index (κ3) is 8.19. The van der Waals surface area contributed by atoms with Gasteiger partial charge in [-0.25, -0.2) is 4.98 Å². The maximum atomic E-state index is 10.0. The Labute approximate surface area is 186 Å². The molecule has 2 rings (SSSR count). The molecule has 0 saturated carbocycles. The third-order valence-corrected chi connectivity index (χ3v) is 4.86. The summed E-state index contributed by atoms with van der Waals surface area (Å²) >= 11 is 0. The van der Waals surface area contributed by atoms with Crippen LogP contribution in [-0.2, 0) is 0 Å². The van der Waals surface area contributed by atoms with E-state index in [1.807, 2.05) is 38.2 Å². The molecule has 0 aliphatic carbocycles. The Balaban J connectivity index is 2.09. The fourth-order valence-electron chi connectivity index (χ4n) is 3.04. The van der Waals surface area contributed by atoms with Crippen LogP contribution in [0.15, 0.2) is 60.3 Å². The molecule has 5 heteroatoms. The first-order valence-corrected chi connectivity index (χ1v) is 11.1. The summed E-state index contributed by atoms with van der Waals surface area (Å²) in [5.74, 6) is 0.733. The predicted molar refractivity (Wildman–Crippen MR) is 131 cm³/mol. The fourth-order valence-corrected chi connectivity index (χ4v) is 3.04. The van der Waals surface area contributed by atoms with Crippen molar-refractivity contribution in [3.05, 3.63) is 66.0 Å². The Morgan fingerprint density at radius 1 is 1.19 bits per heavy atom. The molecular formula is C26H37N3O2. The highest BCUT2D eigenvalue weighted by Gasteiger charge is 2.07. The van der Waals surface area contributed by atoms with Gasteiger partial charge in [-0.2, -0.15) is 0 Å². The number of hydrogen-bond acceptors (Lipinski definition) is 5. The number of aliphatic hydroxyl groups excluding tert-OH is 1. The number of rotatable bonds is 12. The monoisotopic (exact) mass is 423 g/mol. The lowest BCUT2D eigenvalue weighted by Gasteiger charge is -2.15. The molecule has 2 aromatic rings. The van der Waals surface area contributed by atoms with Gasteiger partial charge in [-0.3, -0.25) is 0 Å². The number of ether oxygens (including phenoxy) is 1. The topological polar surface area (TPSA) is 66.4 Å². The summed E-state index contributed by atoms with van der Waals surface area (Å²) in [6.07, 6.45) is 10.1. The van der Waals surface area contributed by atoms with Crippen LogP contribution in [0.1, 0.15) is 46.2 Å². The number of nitrogens with one attached hydrogen (secondary N) is 2. The molecule has 0 bridgehead atoms. The number of nitrogens with zero attached hydrogens (tertiary/aromatic N) is 1. The summed E-state index contributed by atoms with van der Waals surface area (Å²) in [6, 6.07) is 10.3. The number of allylic oxidation sites excluding steroid dienone is 5. The van der Waals surface area contributed by atoms with Crippen molar-refractivity contribution in [2.24, 2.45) is 0 Å². The van der Waals surface area contributed by atoms with Gasteiger partial charge in [0.1, 0.15) is 18.5 Å². The van der Waals surface area contributed by atoms with Gasteiger partial charge in [0, 0.05) is 30.7 Å². The van der Waals surface area contributed by atoms with Gasteiger partial charge >= 0.3 is 0 Å². The largest absolute Gasteiger partial charge is 0.491 e. The predicted octanol–water partition coefficient (Wildman–Crippen LogP) is 4.84. The SMILES string of the molecule is C\C=C(/C=C\C(=C\CCC)NC)c1ccc2cc(OCC(O)CNC(C)C)ccc2n1. The zero-order chi connectivity index (χ0) is 22.6. The van der Waals surface area contributed by atoms with Crippen LogP contribution in [0.3, 0.4) is 0 Å². The van der Waals surface area contributed by atoms with Crippen LogP contribution in [-0.4, -0.2) is 42.4 Å². The van der Waals surface area contributed by atoms with Crippen LogP contribution >= 0.6 is 0 Å². The molecule has 0 spiro atoms. The first-order valence-electron chi connectivity index (χ1n) is 11.1. The van der Waals surface area contributed by atoms with Crippen LogP contribution < -0.4 is 15.4 Å². The molecule has 1 aromatic heterocycles. The Bertz CT molecular complexity index is 916. The number of aliphatic hydroxyl groups is 1. The summed E-state index contributed by atoms with van der Waals surface area (Å²) in [5.41, 5.74) is 4.02. The number of aromatic nitrogens is 1. The van der Waals surface area contributed by atoms with Gasteiger partial charge in [0.05, 0.1) is 11.2 Å². The number of hydrogen-bond donors (Lipinski definition) is 3. The summed E-state index contributed by atoms with van der Waals surface area (Å²) in [4.78, 5) is 4.82. The molecular weight excluding hydrogens is 386 g/mol. The lowest BCUT2D eigenvalue weighted by molar-refractivity contribution is 0.105. The lowest BCUT2D eigenvalue weighted by atomic mass is 10.1. The highest BCUT2D eigenvalue weighted by Crippen LogP contribution is 2.23. The Morgan fingerprint density at radius 3 is 2.68 bits per heavy atom. The van der Waals surface area contributed by atoms with E-state index in [2.05, 4.69) is 61.8 Å². The van der Waals surface area contributed by atoms with Crippen molar-refractivity contribution >= 4 is 16.5 Å². The highest BCUT2D eigenvalue weighted by molar-refractivity contribution is 5.83. The van der Waals surface area contributed by atoms with Gasteiger partial charge in [0.15, 0.2) is 0 Å². The maximum absolute atomic E-state index is 10.0. The summed E-state index contributed by atoms with van der Waals surface area (Å²) < 4.78 is 5.76. The second-order valence-electron chi connectivity index (χ2n) is 7.85. The van der Waals surface area contributed by atoms with E-state index >= 15 is 0 Å². The first-order chi connectivity index (χ1) is 15.0. The molecule has 0 amide bonds. The number of benzene rings is 1. The van der Waals surface area contributed by atoms with Gasteiger partial charge in [-0.1, -0.05) is 51.5 Å². The fraction of sp³-hybridized carbons (Fsp3) is 0.423. The minimum atomic E-state index is -0.545. The van der Waals surface area contributed by atoms with E-state index in [4.69, 9.17) is 9.72 Å². The number of pyridine rings is 1. The summed E-state index contributed by atoms with van der Waals surface area (Å²) in [7, 11) is 1.94. The molecule has 1 heterocycles. The zero-order valence-corrected chi connectivity index (χ0v) is 19.5. The maximum Gasteiger partial charge on any atom is 0.120 e. The molecule has 31 heavy (non-hydrogen) atoms. The minimum Gasteiger partial charge on any atom is -0.491 e. The minimum absolute atomic E-state index is 0.254. The van der Waals surface area contributed by atoms with Crippen molar-refractivity contribution in [1.82, 2.24) is 15.6 Å². The average Bonchev–Trinajstić information content (AvgIpc) is 2.78. The van der Waals surface area contributed by atoms with E-state index in [9.17, 15) is 5.11 Å². The van der Waals surface area contributed by atoms with Crippen molar-refractivity contribution < 1.29 is 9.84 Å². The molecule has 1 unspecified atom stereocenters. The molecule has 0 aliphatic rings. The average molecular weight is 424 g/mol. The van der Waals surface area contributed by atoms with E-state index < -0.39 is 6.10 Å². The number of likely N-dealkylation sites (N-methyl/N-ethyl adjacent to an activating group) is 1. The van der Waals surface area contributed by atoms with Crippen LogP contribution in [0.4, 0.5) is 0 Å². The number of unbranched alkanes of at least 4 members (excludes halogenated alkanes) is 1. The quantitative estimate of drug-likeness (QED) is 0.427. The Kier molecular flexibility index (Phi) is 10.3. The van der Waals surface area contributed by atoms with Gasteiger partial charge in [0.25, 0.3) is 0 Å². The lowest BCUT2D eigenvalue weighted by Crippen LogP contribution is -2.35.